The van der Waals surface area contributed by atoms with Gasteiger partial charge in [-0.3, -0.25) is 9.97 Å². The van der Waals surface area contributed by atoms with E-state index in [4.69, 9.17) is 36.5 Å². The number of pyridine rings is 2. The Morgan fingerprint density at radius 2 is 1.52 bits per heavy atom. The van der Waals surface area contributed by atoms with Crippen LogP contribution < -0.4 is 5.19 Å². The van der Waals surface area contributed by atoms with Crippen molar-refractivity contribution in [2.24, 2.45) is 0 Å². The van der Waals surface area contributed by atoms with Gasteiger partial charge in [-0.05, 0) is 32.9 Å². The van der Waals surface area contributed by atoms with Crippen LogP contribution in [0.4, 0.5) is 0 Å². The van der Waals surface area contributed by atoms with Crippen molar-refractivity contribution in [2.45, 2.75) is 20.8 Å². The molecule has 2 aromatic rings. The van der Waals surface area contributed by atoms with Crippen LogP contribution in [0, 0.1) is 0 Å². The van der Waals surface area contributed by atoms with Crippen LogP contribution in [0.3, 0.4) is 0 Å². The van der Waals surface area contributed by atoms with Crippen LogP contribution in [0.5, 0.6) is 0 Å². The SMILES string of the molecule is CCO[Si](OCC)(OCC)c1ccc(-c2nccc(Cl)c2Cl)nc1.[Ni]. The van der Waals surface area contributed by atoms with Gasteiger partial charge in [-0.15, -0.1) is 0 Å². The van der Waals surface area contributed by atoms with Gasteiger partial charge in [0.05, 0.1) is 15.7 Å². The molecule has 0 spiro atoms. The molecule has 5 nitrogen and oxygen atoms in total. The molecule has 25 heavy (non-hydrogen) atoms. The largest absolute Gasteiger partial charge is 0.538 e. The second-order valence-corrected chi connectivity index (χ2v) is 8.08. The third-order valence-corrected chi connectivity index (χ3v) is 7.01. The normalized spacial score (nSPS) is 11.2. The summed E-state index contributed by atoms with van der Waals surface area (Å²) < 4.78 is 17.6. The van der Waals surface area contributed by atoms with E-state index in [0.717, 1.165) is 5.19 Å². The average Bonchev–Trinajstić information content (AvgIpc) is 2.58. The van der Waals surface area contributed by atoms with Crippen LogP contribution in [-0.2, 0) is 29.8 Å². The Morgan fingerprint density at radius 1 is 0.920 bits per heavy atom. The first-order valence-corrected chi connectivity index (χ1v) is 10.2. The van der Waals surface area contributed by atoms with Crippen molar-refractivity contribution in [3.05, 3.63) is 40.6 Å². The first-order chi connectivity index (χ1) is 11.6. The molecule has 140 valence electrons. The Kier molecular flexibility index (Phi) is 9.53. The summed E-state index contributed by atoms with van der Waals surface area (Å²) in [7, 11) is -2.96. The zero-order valence-electron chi connectivity index (χ0n) is 14.2. The van der Waals surface area contributed by atoms with Crippen molar-refractivity contribution in [1.29, 1.82) is 0 Å². The fourth-order valence-corrected chi connectivity index (χ4v) is 5.01. The van der Waals surface area contributed by atoms with Crippen molar-refractivity contribution >= 4 is 37.2 Å². The number of hydrogen-bond donors (Lipinski definition) is 0. The van der Waals surface area contributed by atoms with Crippen molar-refractivity contribution in [1.82, 2.24) is 9.97 Å². The summed E-state index contributed by atoms with van der Waals surface area (Å²) in [6.07, 6.45) is 3.29. The van der Waals surface area contributed by atoms with Gasteiger partial charge in [0.15, 0.2) is 0 Å². The maximum atomic E-state index is 6.21. The molecule has 0 bridgehead atoms. The predicted octanol–water partition coefficient (Wildman–Crippen LogP) is 3.70. The van der Waals surface area contributed by atoms with Gasteiger partial charge < -0.3 is 13.3 Å². The van der Waals surface area contributed by atoms with Crippen molar-refractivity contribution in [3.8, 4) is 11.4 Å². The van der Waals surface area contributed by atoms with E-state index in [1.54, 1.807) is 18.5 Å². The minimum Gasteiger partial charge on any atom is -0.370 e. The monoisotopic (exact) mass is 444 g/mol. The van der Waals surface area contributed by atoms with Gasteiger partial charge in [-0.25, -0.2) is 0 Å². The maximum absolute atomic E-state index is 6.21. The molecule has 0 aliphatic rings. The summed E-state index contributed by atoms with van der Waals surface area (Å²) in [5, 5.41) is 1.62. The van der Waals surface area contributed by atoms with Crippen LogP contribution >= 0.6 is 23.2 Å². The molecule has 0 aliphatic carbocycles. The van der Waals surface area contributed by atoms with Crippen molar-refractivity contribution in [2.75, 3.05) is 19.8 Å². The van der Waals surface area contributed by atoms with Gasteiger partial charge in [0.1, 0.15) is 5.69 Å². The Balaban J connectivity index is 0.00000312. The number of halogens is 2. The first-order valence-electron chi connectivity index (χ1n) is 7.76. The molecule has 2 rings (SSSR count). The molecule has 0 atom stereocenters. The number of aromatic nitrogens is 2. The molecule has 0 fully saturated rings. The van der Waals surface area contributed by atoms with Gasteiger partial charge in [0.2, 0.25) is 0 Å². The molecular weight excluding hydrogens is 426 g/mol. The number of hydrogen-bond acceptors (Lipinski definition) is 5. The second kappa shape index (κ2) is 10.6. The van der Waals surface area contributed by atoms with Crippen LogP contribution in [0.25, 0.3) is 11.4 Å². The molecule has 0 saturated carbocycles. The summed E-state index contributed by atoms with van der Waals surface area (Å²) in [4.78, 5) is 8.70. The molecule has 0 aromatic carbocycles. The van der Waals surface area contributed by atoms with Crippen LogP contribution in [0.2, 0.25) is 10.0 Å². The van der Waals surface area contributed by atoms with E-state index in [-0.39, 0.29) is 16.5 Å². The summed E-state index contributed by atoms with van der Waals surface area (Å²) in [5.74, 6) is 0. The summed E-state index contributed by atoms with van der Waals surface area (Å²) in [6.45, 7) is 7.23. The van der Waals surface area contributed by atoms with Gasteiger partial charge in [0, 0.05) is 53.9 Å². The van der Waals surface area contributed by atoms with Gasteiger partial charge in [-0.2, -0.15) is 0 Å². The van der Waals surface area contributed by atoms with Crippen LogP contribution in [0.1, 0.15) is 20.8 Å². The molecule has 0 radical (unpaired) electrons. The minimum atomic E-state index is -2.96. The van der Waals surface area contributed by atoms with Crippen LogP contribution in [-0.4, -0.2) is 38.6 Å². The van der Waals surface area contributed by atoms with E-state index >= 15 is 0 Å². The summed E-state index contributed by atoms with van der Waals surface area (Å²) >= 11 is 12.2. The van der Waals surface area contributed by atoms with Crippen molar-refractivity contribution < 1.29 is 29.8 Å². The smallest absolute Gasteiger partial charge is 0.370 e. The third-order valence-electron chi connectivity index (χ3n) is 3.20. The molecular formula is C16H20Cl2N2NiO3Si. The van der Waals surface area contributed by atoms with E-state index < -0.39 is 8.80 Å². The molecule has 2 aromatic heterocycles. The standard InChI is InChI=1S/C16H20Cl2N2O3Si.Ni/c1-4-21-24(22-5-2,23-6-3)12-7-8-14(20-11-12)16-15(18)13(17)9-10-19-16;/h7-11H,4-6H2,1-3H3;. The molecule has 2 heterocycles. The predicted molar refractivity (Wildman–Crippen MR) is 97.8 cm³/mol. The Hall–Kier alpha value is -0.530. The quantitative estimate of drug-likeness (QED) is 0.580. The van der Waals surface area contributed by atoms with Gasteiger partial charge >= 0.3 is 8.80 Å². The van der Waals surface area contributed by atoms with E-state index in [9.17, 15) is 0 Å². The number of nitrogens with zero attached hydrogens (tertiary/aromatic N) is 2. The molecule has 0 saturated heterocycles. The first kappa shape index (κ1) is 22.5. The average molecular weight is 446 g/mol. The maximum Gasteiger partial charge on any atom is 0.538 e. The van der Waals surface area contributed by atoms with E-state index in [2.05, 4.69) is 9.97 Å². The topological polar surface area (TPSA) is 53.5 Å². The zero-order valence-corrected chi connectivity index (χ0v) is 17.7. The second-order valence-electron chi connectivity index (χ2n) is 4.74. The van der Waals surface area contributed by atoms with E-state index in [1.165, 1.54) is 0 Å². The third kappa shape index (κ3) is 5.23. The number of rotatable bonds is 8. The minimum absolute atomic E-state index is 0. The Morgan fingerprint density at radius 3 is 2.00 bits per heavy atom. The zero-order chi connectivity index (χ0) is 17.6. The molecule has 0 amide bonds. The fourth-order valence-electron chi connectivity index (χ4n) is 2.26. The van der Waals surface area contributed by atoms with Gasteiger partial charge in [-0.1, -0.05) is 29.3 Å². The van der Waals surface area contributed by atoms with E-state index in [0.29, 0.717) is 41.3 Å². The van der Waals surface area contributed by atoms with Crippen LogP contribution in [0.15, 0.2) is 30.6 Å². The molecule has 0 unspecified atom stereocenters. The fraction of sp³-hybridized carbons (Fsp3) is 0.375. The Bertz CT molecular complexity index is 660. The molecule has 0 N–H and O–H groups in total. The van der Waals surface area contributed by atoms with Crippen molar-refractivity contribution in [3.63, 3.8) is 0 Å². The van der Waals surface area contributed by atoms with E-state index in [1.807, 2.05) is 32.9 Å². The summed E-state index contributed by atoms with van der Waals surface area (Å²) in [5.41, 5.74) is 1.16. The Labute approximate surface area is 169 Å². The summed E-state index contributed by atoms with van der Waals surface area (Å²) in [6, 6.07) is 5.34. The molecule has 9 heteroatoms. The molecule has 0 aliphatic heterocycles. The van der Waals surface area contributed by atoms with Gasteiger partial charge in [0.25, 0.3) is 0 Å².